The van der Waals surface area contributed by atoms with E-state index < -0.39 is 18.4 Å². The van der Waals surface area contributed by atoms with Gasteiger partial charge in [0.15, 0.2) is 0 Å². The van der Waals surface area contributed by atoms with Crippen LogP contribution in [-0.4, -0.2) is 48.0 Å². The maximum atomic E-state index is 12.5. The molecule has 0 spiro atoms. The van der Waals surface area contributed by atoms with Crippen LogP contribution in [0.1, 0.15) is 33.5 Å². The molecule has 0 saturated heterocycles. The molecule has 1 aliphatic carbocycles. The number of nitrogens with one attached hydrogen (secondary N) is 2. The fourth-order valence-electron chi connectivity index (χ4n) is 3.13. The van der Waals surface area contributed by atoms with Gasteiger partial charge in [0.2, 0.25) is 6.29 Å². The number of aryl methyl sites for hydroxylation is 1. The average Bonchev–Trinajstić information content (AvgIpc) is 2.77. The average molecular weight is 465 g/mol. The van der Waals surface area contributed by atoms with Gasteiger partial charge in [-0.05, 0) is 66.8 Å². The second-order valence-corrected chi connectivity index (χ2v) is 7.16. The highest BCUT2D eigenvalue weighted by atomic mass is 19.4. The van der Waals surface area contributed by atoms with Gasteiger partial charge in [0.25, 0.3) is 5.91 Å². The third-order valence-electron chi connectivity index (χ3n) is 4.68. The molecule has 3 rings (SSSR count). The zero-order valence-corrected chi connectivity index (χ0v) is 17.3. The van der Waals surface area contributed by atoms with Crippen molar-refractivity contribution in [3.63, 3.8) is 0 Å². The molecule has 2 aromatic rings. The van der Waals surface area contributed by atoms with Crippen molar-refractivity contribution in [1.82, 2.24) is 0 Å². The third kappa shape index (κ3) is 8.37. The first-order chi connectivity index (χ1) is 15.5. The first-order valence-electron chi connectivity index (χ1n) is 9.72. The van der Waals surface area contributed by atoms with Gasteiger partial charge in [0.1, 0.15) is 12.4 Å². The first kappa shape index (κ1) is 25.5. The van der Waals surface area contributed by atoms with Gasteiger partial charge in [-0.25, -0.2) is 4.79 Å². The number of amidine groups is 1. The molecule has 176 valence electrons. The number of hydrogen-bond acceptors (Lipinski definition) is 5. The third-order valence-corrected chi connectivity index (χ3v) is 4.68. The Labute approximate surface area is 187 Å². The van der Waals surface area contributed by atoms with Crippen molar-refractivity contribution in [2.45, 2.75) is 31.5 Å². The van der Waals surface area contributed by atoms with Crippen LogP contribution in [-0.2, 0) is 27.2 Å². The molecule has 33 heavy (non-hydrogen) atoms. The predicted octanol–water partition coefficient (Wildman–Crippen LogP) is 2.93. The summed E-state index contributed by atoms with van der Waals surface area (Å²) in [7, 11) is 0. The number of rotatable bonds is 6. The predicted molar refractivity (Wildman–Crippen MR) is 113 cm³/mol. The van der Waals surface area contributed by atoms with E-state index in [0.29, 0.717) is 23.2 Å². The minimum Gasteiger partial charge on any atom is -0.480 e. The van der Waals surface area contributed by atoms with E-state index in [4.69, 9.17) is 25.8 Å². The van der Waals surface area contributed by atoms with Crippen LogP contribution >= 0.6 is 0 Å². The normalized spacial score (nSPS) is 14.8. The van der Waals surface area contributed by atoms with Crippen LogP contribution in [0, 0.1) is 5.41 Å². The number of carbonyl (C=O) groups is 3. The topological polar surface area (TPSA) is 143 Å². The lowest BCUT2D eigenvalue weighted by molar-refractivity contribution is -0.156. The lowest BCUT2D eigenvalue weighted by Gasteiger charge is -2.24. The Morgan fingerprint density at radius 2 is 1.76 bits per heavy atom. The van der Waals surface area contributed by atoms with Crippen molar-refractivity contribution in [3.8, 4) is 0 Å². The van der Waals surface area contributed by atoms with E-state index in [1.807, 2.05) is 12.1 Å². The summed E-state index contributed by atoms with van der Waals surface area (Å²) in [6.07, 6.45) is -3.68. The molecule has 8 nitrogen and oxygen atoms in total. The molecule has 0 saturated carbocycles. The molecule has 1 atom stereocenters. The van der Waals surface area contributed by atoms with Gasteiger partial charge >= 0.3 is 12.1 Å². The number of aldehydes is 1. The highest BCUT2D eigenvalue weighted by molar-refractivity contribution is 6.04. The van der Waals surface area contributed by atoms with Crippen molar-refractivity contribution in [3.05, 3.63) is 64.7 Å². The Morgan fingerprint density at radius 3 is 2.30 bits per heavy atom. The molecule has 1 unspecified atom stereocenters. The van der Waals surface area contributed by atoms with Gasteiger partial charge in [-0.15, -0.1) is 0 Å². The Bertz CT molecular complexity index is 1020. The number of alkyl halides is 3. The Hall–Kier alpha value is -3.73. The smallest absolute Gasteiger partial charge is 0.446 e. The molecule has 0 radical (unpaired) electrons. The van der Waals surface area contributed by atoms with E-state index in [2.05, 4.69) is 5.32 Å². The van der Waals surface area contributed by atoms with Crippen molar-refractivity contribution < 1.29 is 37.4 Å². The van der Waals surface area contributed by atoms with Crippen LogP contribution in [0.2, 0.25) is 0 Å². The fourth-order valence-corrected chi connectivity index (χ4v) is 3.13. The SMILES string of the molecule is N=C(N)c1ccc(NC(=O)c2ccc3c(c2)CCC(OCC(=O)O)C3)cc1.O=CC(F)(F)F. The van der Waals surface area contributed by atoms with Gasteiger partial charge in [-0.3, -0.25) is 15.0 Å². The standard InChI is InChI=1S/C20H21N3O4.C2HF3O/c21-19(22)12-3-6-16(7-4-12)23-20(26)15-2-1-14-10-17(27-11-18(24)25)8-5-13(14)9-15;3-2(4,5)1-6/h1-4,6-7,9,17H,5,8,10-11H2,(H3,21,22)(H,23,26)(H,24,25);1H. The number of fused-ring (bicyclic) bond motifs is 1. The summed E-state index contributed by atoms with van der Waals surface area (Å²) >= 11 is 0. The van der Waals surface area contributed by atoms with E-state index in [0.717, 1.165) is 24.0 Å². The number of carboxylic acids is 1. The van der Waals surface area contributed by atoms with Crippen LogP contribution < -0.4 is 11.1 Å². The summed E-state index contributed by atoms with van der Waals surface area (Å²) < 4.78 is 36.6. The number of nitrogens with two attached hydrogens (primary N) is 1. The van der Waals surface area contributed by atoms with E-state index >= 15 is 0 Å². The molecular formula is C22H22F3N3O5. The number of hydrogen-bond donors (Lipinski definition) is 4. The number of anilines is 1. The maximum Gasteiger partial charge on any atom is 0.446 e. The molecule has 0 bridgehead atoms. The second kappa shape index (κ2) is 11.2. The van der Waals surface area contributed by atoms with E-state index in [1.165, 1.54) is 0 Å². The van der Waals surface area contributed by atoms with Gasteiger partial charge in [0.05, 0.1) is 6.10 Å². The molecule has 0 aliphatic heterocycles. The highest BCUT2D eigenvalue weighted by Gasteiger charge is 2.25. The van der Waals surface area contributed by atoms with Crippen molar-refractivity contribution >= 4 is 29.7 Å². The molecule has 0 aromatic heterocycles. The summed E-state index contributed by atoms with van der Waals surface area (Å²) in [6.45, 7) is -0.289. The quantitative estimate of drug-likeness (QED) is 0.294. The number of halogens is 3. The highest BCUT2D eigenvalue weighted by Crippen LogP contribution is 2.25. The monoisotopic (exact) mass is 465 g/mol. The van der Waals surface area contributed by atoms with Gasteiger partial charge in [-0.1, -0.05) is 6.07 Å². The molecule has 5 N–H and O–H groups in total. The Balaban J connectivity index is 0.000000569. The minimum absolute atomic E-state index is 0.0202. The zero-order valence-electron chi connectivity index (χ0n) is 17.3. The van der Waals surface area contributed by atoms with E-state index in [-0.39, 0.29) is 24.5 Å². The minimum atomic E-state index is -4.64. The summed E-state index contributed by atoms with van der Waals surface area (Å²) in [6, 6.07) is 12.3. The van der Waals surface area contributed by atoms with Crippen LogP contribution in [0.5, 0.6) is 0 Å². The fraction of sp³-hybridized carbons (Fsp3) is 0.273. The lowest BCUT2D eigenvalue weighted by atomic mass is 9.88. The van der Waals surface area contributed by atoms with Crippen LogP contribution in [0.15, 0.2) is 42.5 Å². The second-order valence-electron chi connectivity index (χ2n) is 7.16. The lowest BCUT2D eigenvalue weighted by Crippen LogP contribution is -2.25. The van der Waals surface area contributed by atoms with Gasteiger partial charge < -0.3 is 20.9 Å². The van der Waals surface area contributed by atoms with Gasteiger partial charge in [-0.2, -0.15) is 13.2 Å². The van der Waals surface area contributed by atoms with Crippen LogP contribution in [0.25, 0.3) is 0 Å². The summed E-state index contributed by atoms with van der Waals surface area (Å²) in [5, 5.41) is 18.9. The van der Waals surface area contributed by atoms with Crippen molar-refractivity contribution in [2.24, 2.45) is 5.73 Å². The van der Waals surface area contributed by atoms with Crippen molar-refractivity contribution in [2.75, 3.05) is 11.9 Å². The Kier molecular flexibility index (Phi) is 8.69. The summed E-state index contributed by atoms with van der Waals surface area (Å²) in [4.78, 5) is 31.8. The number of amides is 1. The molecular weight excluding hydrogens is 443 g/mol. The number of aliphatic carboxylic acids is 1. The molecule has 1 amide bonds. The van der Waals surface area contributed by atoms with Gasteiger partial charge in [0, 0.05) is 16.8 Å². The molecule has 1 aliphatic rings. The zero-order chi connectivity index (χ0) is 24.6. The van der Waals surface area contributed by atoms with E-state index in [9.17, 15) is 22.8 Å². The van der Waals surface area contributed by atoms with Crippen LogP contribution in [0.3, 0.4) is 0 Å². The van der Waals surface area contributed by atoms with Crippen molar-refractivity contribution in [1.29, 1.82) is 5.41 Å². The molecule has 2 aromatic carbocycles. The largest absolute Gasteiger partial charge is 0.480 e. The maximum absolute atomic E-state index is 12.5. The number of carbonyl (C=O) groups excluding carboxylic acids is 2. The Morgan fingerprint density at radius 1 is 1.15 bits per heavy atom. The van der Waals surface area contributed by atoms with E-state index in [1.54, 1.807) is 30.3 Å². The number of nitrogen functional groups attached to an aromatic ring is 1. The summed E-state index contributed by atoms with van der Waals surface area (Å²) in [5.41, 5.74) is 9.38. The number of ether oxygens (including phenoxy) is 1. The molecule has 0 fully saturated rings. The molecule has 11 heteroatoms. The van der Waals surface area contributed by atoms with Crippen LogP contribution in [0.4, 0.5) is 18.9 Å². The first-order valence-corrected chi connectivity index (χ1v) is 9.72. The summed E-state index contributed by atoms with van der Waals surface area (Å²) in [5.74, 6) is -1.20. The number of benzene rings is 2. The molecule has 0 heterocycles. The number of carboxylic acid groups (broad SMARTS) is 1.